The Morgan fingerprint density at radius 3 is 2.12 bits per heavy atom. The lowest BCUT2D eigenvalue weighted by molar-refractivity contribution is -0.138. The zero-order chi connectivity index (χ0) is 17.1. The molecule has 1 aliphatic carbocycles. The number of nitrogens with one attached hydrogen (secondary N) is 1. The van der Waals surface area contributed by atoms with E-state index in [1.165, 1.54) is 0 Å². The highest BCUT2D eigenvalue weighted by Crippen LogP contribution is 2.44. The number of aliphatic carboxylic acids is 1. The van der Waals surface area contributed by atoms with Crippen molar-refractivity contribution in [3.8, 4) is 11.1 Å². The fraction of sp³-hybridized carbons (Fsp3) is 0.222. The van der Waals surface area contributed by atoms with Crippen LogP contribution < -0.4 is 5.32 Å². The Hall–Kier alpha value is -2.34. The summed E-state index contributed by atoms with van der Waals surface area (Å²) in [5.41, 5.74) is 4.51. The quantitative estimate of drug-likeness (QED) is 0.768. The van der Waals surface area contributed by atoms with E-state index in [0.29, 0.717) is 0 Å². The minimum atomic E-state index is -1.11. The van der Waals surface area contributed by atoms with Gasteiger partial charge < -0.3 is 15.2 Å². The number of benzene rings is 2. The van der Waals surface area contributed by atoms with Crippen LogP contribution in [-0.2, 0) is 9.53 Å². The summed E-state index contributed by atoms with van der Waals surface area (Å²) in [6.07, 6.45) is -0.733. The molecule has 2 aromatic carbocycles. The van der Waals surface area contributed by atoms with Gasteiger partial charge in [-0.15, -0.1) is 0 Å². The molecule has 0 bridgehead atoms. The fourth-order valence-electron chi connectivity index (χ4n) is 2.95. The number of hydrogen-bond acceptors (Lipinski definition) is 3. The SMILES string of the molecule is O=C(NC(CBr)C(=O)O)OCC1c2ccccc2-c2ccccc21. The molecule has 1 unspecified atom stereocenters. The van der Waals surface area contributed by atoms with Crippen molar-refractivity contribution in [1.82, 2.24) is 5.32 Å². The number of fused-ring (bicyclic) bond motifs is 3. The molecule has 0 fully saturated rings. The van der Waals surface area contributed by atoms with Crippen molar-refractivity contribution >= 4 is 28.0 Å². The van der Waals surface area contributed by atoms with Gasteiger partial charge >= 0.3 is 12.1 Å². The van der Waals surface area contributed by atoms with Gasteiger partial charge in [-0.3, -0.25) is 0 Å². The predicted molar refractivity (Wildman–Crippen MR) is 93.4 cm³/mol. The first-order valence-electron chi connectivity index (χ1n) is 7.52. The molecule has 0 aliphatic heterocycles. The van der Waals surface area contributed by atoms with E-state index in [2.05, 4.69) is 33.4 Å². The van der Waals surface area contributed by atoms with Gasteiger partial charge in [0.1, 0.15) is 12.6 Å². The van der Waals surface area contributed by atoms with Crippen LogP contribution in [0.25, 0.3) is 11.1 Å². The van der Waals surface area contributed by atoms with E-state index in [1.807, 2.05) is 36.4 Å². The van der Waals surface area contributed by atoms with Crippen molar-refractivity contribution in [3.05, 3.63) is 59.7 Å². The van der Waals surface area contributed by atoms with E-state index in [9.17, 15) is 9.59 Å². The summed E-state index contributed by atoms with van der Waals surface area (Å²) >= 11 is 3.05. The Kier molecular flexibility index (Phi) is 4.85. The number of ether oxygens (including phenoxy) is 1. The summed E-state index contributed by atoms with van der Waals surface area (Å²) < 4.78 is 5.29. The average Bonchev–Trinajstić information content (AvgIpc) is 2.91. The van der Waals surface area contributed by atoms with Gasteiger partial charge in [-0.25, -0.2) is 9.59 Å². The van der Waals surface area contributed by atoms with Crippen molar-refractivity contribution in [2.75, 3.05) is 11.9 Å². The molecule has 2 aromatic rings. The topological polar surface area (TPSA) is 75.6 Å². The summed E-state index contributed by atoms with van der Waals surface area (Å²) in [7, 11) is 0. The number of hydrogen-bond donors (Lipinski definition) is 2. The second kappa shape index (κ2) is 7.05. The molecule has 3 rings (SSSR count). The third-order valence-corrected chi connectivity index (χ3v) is 4.74. The van der Waals surface area contributed by atoms with Crippen LogP contribution in [0.5, 0.6) is 0 Å². The number of rotatable bonds is 5. The smallest absolute Gasteiger partial charge is 0.407 e. The Morgan fingerprint density at radius 2 is 1.62 bits per heavy atom. The molecule has 0 saturated carbocycles. The lowest BCUT2D eigenvalue weighted by atomic mass is 9.98. The Balaban J connectivity index is 1.74. The van der Waals surface area contributed by atoms with Gasteiger partial charge in [0, 0.05) is 11.2 Å². The molecule has 1 atom stereocenters. The molecule has 6 heteroatoms. The summed E-state index contributed by atoms with van der Waals surface area (Å²) in [6, 6.07) is 15.0. The standard InChI is InChI=1S/C18H16BrNO4/c19-9-16(17(21)22)20-18(23)24-10-15-13-7-3-1-5-11(13)12-6-2-4-8-14(12)15/h1-8,15-16H,9-10H2,(H,20,23)(H,21,22). The molecule has 124 valence electrons. The van der Waals surface area contributed by atoms with Crippen LogP contribution >= 0.6 is 15.9 Å². The average molecular weight is 390 g/mol. The van der Waals surface area contributed by atoms with Crippen molar-refractivity contribution in [1.29, 1.82) is 0 Å². The normalized spacial score (nSPS) is 13.7. The lowest BCUT2D eigenvalue weighted by Gasteiger charge is -2.16. The molecule has 0 radical (unpaired) electrons. The number of carbonyl (C=O) groups excluding carboxylic acids is 1. The van der Waals surface area contributed by atoms with Crippen LogP contribution in [0.1, 0.15) is 17.0 Å². The number of carboxylic acids is 1. The van der Waals surface area contributed by atoms with E-state index in [4.69, 9.17) is 9.84 Å². The van der Waals surface area contributed by atoms with Gasteiger partial charge in [-0.1, -0.05) is 64.5 Å². The first kappa shape index (κ1) is 16.5. The second-order valence-corrected chi connectivity index (χ2v) is 6.16. The first-order chi connectivity index (χ1) is 11.6. The summed E-state index contributed by atoms with van der Waals surface area (Å²) in [4.78, 5) is 22.8. The van der Waals surface area contributed by atoms with Crippen LogP contribution in [-0.4, -0.2) is 35.1 Å². The van der Waals surface area contributed by atoms with Gasteiger partial charge in [0.2, 0.25) is 0 Å². The molecule has 1 amide bonds. The molecule has 5 nitrogen and oxygen atoms in total. The third kappa shape index (κ3) is 3.14. The van der Waals surface area contributed by atoms with Gasteiger partial charge in [0.05, 0.1) is 0 Å². The van der Waals surface area contributed by atoms with E-state index in [1.54, 1.807) is 0 Å². The number of amides is 1. The third-order valence-electron chi connectivity index (χ3n) is 4.09. The van der Waals surface area contributed by atoms with Crippen molar-refractivity contribution in [2.45, 2.75) is 12.0 Å². The molecule has 1 aliphatic rings. The highest BCUT2D eigenvalue weighted by Gasteiger charge is 2.29. The van der Waals surface area contributed by atoms with E-state index < -0.39 is 18.1 Å². The summed E-state index contributed by atoms with van der Waals surface area (Å²) in [6.45, 7) is 0.161. The molecule has 0 spiro atoms. The van der Waals surface area contributed by atoms with Crippen LogP contribution in [0.4, 0.5) is 4.79 Å². The molecule has 0 saturated heterocycles. The Morgan fingerprint density at radius 1 is 1.08 bits per heavy atom. The number of carbonyl (C=O) groups is 2. The molecule has 24 heavy (non-hydrogen) atoms. The zero-order valence-electron chi connectivity index (χ0n) is 12.7. The van der Waals surface area contributed by atoms with E-state index in [0.717, 1.165) is 22.3 Å². The van der Waals surface area contributed by atoms with Gasteiger partial charge in [0.15, 0.2) is 0 Å². The zero-order valence-corrected chi connectivity index (χ0v) is 14.3. The monoisotopic (exact) mass is 389 g/mol. The van der Waals surface area contributed by atoms with Crippen molar-refractivity contribution in [2.24, 2.45) is 0 Å². The molecule has 0 aromatic heterocycles. The number of alkyl halides is 1. The second-order valence-electron chi connectivity index (χ2n) is 5.52. The summed E-state index contributed by atoms with van der Waals surface area (Å²) in [5, 5.41) is 11.4. The van der Waals surface area contributed by atoms with Gasteiger partial charge in [-0.2, -0.15) is 0 Å². The van der Waals surface area contributed by atoms with Crippen molar-refractivity contribution < 1.29 is 19.4 Å². The van der Waals surface area contributed by atoms with E-state index >= 15 is 0 Å². The largest absolute Gasteiger partial charge is 0.480 e. The number of halogens is 1. The molecule has 2 N–H and O–H groups in total. The number of carboxylic acid groups (broad SMARTS) is 1. The fourth-order valence-corrected chi connectivity index (χ4v) is 3.39. The maximum atomic E-state index is 11.9. The maximum Gasteiger partial charge on any atom is 0.407 e. The highest BCUT2D eigenvalue weighted by molar-refractivity contribution is 9.09. The first-order valence-corrected chi connectivity index (χ1v) is 8.64. The van der Waals surface area contributed by atoms with Crippen LogP contribution in [0, 0.1) is 0 Å². The van der Waals surface area contributed by atoms with Crippen LogP contribution in [0.2, 0.25) is 0 Å². The van der Waals surface area contributed by atoms with Crippen LogP contribution in [0.3, 0.4) is 0 Å². The summed E-state index contributed by atoms with van der Waals surface area (Å²) in [5.74, 6) is -1.16. The Bertz CT molecular complexity index is 732. The Labute approximate surface area is 147 Å². The number of alkyl carbamates (subject to hydrolysis) is 1. The minimum Gasteiger partial charge on any atom is -0.480 e. The van der Waals surface area contributed by atoms with Gasteiger partial charge in [-0.05, 0) is 22.3 Å². The predicted octanol–water partition coefficient (Wildman–Crippen LogP) is 3.37. The molecule has 0 heterocycles. The highest BCUT2D eigenvalue weighted by atomic mass is 79.9. The van der Waals surface area contributed by atoms with Gasteiger partial charge in [0.25, 0.3) is 0 Å². The van der Waals surface area contributed by atoms with Crippen molar-refractivity contribution in [3.63, 3.8) is 0 Å². The van der Waals surface area contributed by atoms with Crippen LogP contribution in [0.15, 0.2) is 48.5 Å². The van der Waals surface area contributed by atoms with E-state index in [-0.39, 0.29) is 17.9 Å². The molecular formula is C18H16BrNO4. The molecular weight excluding hydrogens is 374 g/mol. The maximum absolute atomic E-state index is 11.9. The lowest BCUT2D eigenvalue weighted by Crippen LogP contribution is -2.42. The minimum absolute atomic E-state index is 0.0459.